The first-order chi connectivity index (χ1) is 16.3. The number of ketones is 1. The summed E-state index contributed by atoms with van der Waals surface area (Å²) in [6.45, 7) is 4.16. The van der Waals surface area contributed by atoms with Crippen LogP contribution in [0, 0.1) is 5.82 Å². The topological polar surface area (TPSA) is 70.5 Å². The van der Waals surface area contributed by atoms with Crippen LogP contribution in [0.25, 0.3) is 16.0 Å². The van der Waals surface area contributed by atoms with E-state index >= 15 is 0 Å². The number of hydrogen-bond donors (Lipinski definition) is 1. The van der Waals surface area contributed by atoms with Gasteiger partial charge in [0.1, 0.15) is 11.6 Å². The van der Waals surface area contributed by atoms with Gasteiger partial charge in [-0.2, -0.15) is 0 Å². The van der Waals surface area contributed by atoms with E-state index in [1.165, 1.54) is 23.1 Å². The van der Waals surface area contributed by atoms with E-state index in [1.54, 1.807) is 30.3 Å². The molecule has 1 aliphatic rings. The third-order valence-electron chi connectivity index (χ3n) is 5.96. The smallest absolute Gasteiger partial charge is 0.301 e. The summed E-state index contributed by atoms with van der Waals surface area (Å²) < 4.78 is 14.3. The van der Waals surface area contributed by atoms with Gasteiger partial charge in [0.2, 0.25) is 0 Å². The third kappa shape index (κ3) is 3.68. The maximum atomic E-state index is 13.8. The molecular formula is C27H21FN2O3S. The van der Waals surface area contributed by atoms with Gasteiger partial charge in [0.15, 0.2) is 5.13 Å². The number of fused-ring (bicyclic) bond motifs is 1. The fraction of sp³-hybridized carbons (Fsp3) is 0.148. The van der Waals surface area contributed by atoms with E-state index in [-0.39, 0.29) is 16.5 Å². The van der Waals surface area contributed by atoms with Crippen molar-refractivity contribution in [3.63, 3.8) is 0 Å². The number of nitrogens with zero attached hydrogens (tertiary/aromatic N) is 2. The first-order valence-corrected chi connectivity index (χ1v) is 11.7. The van der Waals surface area contributed by atoms with Crippen molar-refractivity contribution in [3.05, 3.63) is 101 Å². The molecule has 3 aromatic carbocycles. The molecule has 5 rings (SSSR count). The lowest BCUT2D eigenvalue weighted by molar-refractivity contribution is -0.132. The quantitative estimate of drug-likeness (QED) is 0.219. The molecule has 1 unspecified atom stereocenters. The molecule has 0 spiro atoms. The summed E-state index contributed by atoms with van der Waals surface area (Å²) in [5.74, 6) is -1.91. The van der Waals surface area contributed by atoms with Gasteiger partial charge in [0, 0.05) is 5.56 Å². The molecular weight excluding hydrogens is 451 g/mol. The van der Waals surface area contributed by atoms with Crippen molar-refractivity contribution in [2.75, 3.05) is 4.90 Å². The number of carbonyl (C=O) groups excluding carboxylic acids is 2. The van der Waals surface area contributed by atoms with Crippen LogP contribution in [0.5, 0.6) is 0 Å². The molecule has 1 saturated heterocycles. The van der Waals surface area contributed by atoms with Crippen molar-refractivity contribution < 1.29 is 19.1 Å². The van der Waals surface area contributed by atoms with Crippen LogP contribution in [-0.4, -0.2) is 21.8 Å². The standard InChI is InChI=1S/C27H21FN2O3S/c1-15(2)16-8-10-17(11-9-16)23-22(24(31)18-6-4-3-5-7-18)25(32)26(33)30(23)27-29-20-13-12-19(28)14-21(20)34-27/h3-15,23,31H,1-2H3/b24-22+. The molecule has 1 N–H and O–H groups in total. The van der Waals surface area contributed by atoms with Crippen molar-refractivity contribution in [2.45, 2.75) is 25.8 Å². The molecule has 34 heavy (non-hydrogen) atoms. The van der Waals surface area contributed by atoms with Gasteiger partial charge in [0.25, 0.3) is 5.78 Å². The van der Waals surface area contributed by atoms with E-state index in [2.05, 4.69) is 18.8 Å². The van der Waals surface area contributed by atoms with Crippen LogP contribution in [0.15, 0.2) is 78.4 Å². The van der Waals surface area contributed by atoms with Crippen molar-refractivity contribution >= 4 is 44.1 Å². The molecule has 7 heteroatoms. The maximum absolute atomic E-state index is 13.8. The van der Waals surface area contributed by atoms with Gasteiger partial charge in [-0.1, -0.05) is 79.8 Å². The van der Waals surface area contributed by atoms with Gasteiger partial charge in [-0.25, -0.2) is 9.37 Å². The highest BCUT2D eigenvalue weighted by Gasteiger charge is 2.48. The minimum atomic E-state index is -0.869. The number of aromatic nitrogens is 1. The lowest BCUT2D eigenvalue weighted by Crippen LogP contribution is -2.29. The zero-order valence-corrected chi connectivity index (χ0v) is 19.3. The number of aliphatic hydroxyl groups excluding tert-OH is 1. The monoisotopic (exact) mass is 472 g/mol. The van der Waals surface area contributed by atoms with Gasteiger partial charge in [-0.05, 0) is 35.2 Å². The Hall–Kier alpha value is -3.84. The van der Waals surface area contributed by atoms with Crippen LogP contribution in [0.2, 0.25) is 0 Å². The van der Waals surface area contributed by atoms with E-state index in [0.29, 0.717) is 27.3 Å². The number of thiazole rings is 1. The molecule has 5 nitrogen and oxygen atoms in total. The number of rotatable bonds is 4. The highest BCUT2D eigenvalue weighted by Crippen LogP contribution is 2.44. The van der Waals surface area contributed by atoms with Crippen LogP contribution in [0.1, 0.15) is 42.5 Å². The number of Topliss-reactive ketones (excluding diaryl/α,β-unsaturated/α-hetero) is 1. The highest BCUT2D eigenvalue weighted by molar-refractivity contribution is 7.22. The van der Waals surface area contributed by atoms with Gasteiger partial charge in [-0.15, -0.1) is 0 Å². The second kappa shape index (κ2) is 8.50. The van der Waals surface area contributed by atoms with Crippen molar-refractivity contribution in [2.24, 2.45) is 0 Å². The molecule has 1 atom stereocenters. The molecule has 170 valence electrons. The number of benzene rings is 3. The lowest BCUT2D eigenvalue weighted by Gasteiger charge is -2.23. The first-order valence-electron chi connectivity index (χ1n) is 10.9. The normalized spacial score (nSPS) is 17.8. The molecule has 0 aliphatic carbocycles. The Balaban J connectivity index is 1.72. The summed E-state index contributed by atoms with van der Waals surface area (Å²) in [5, 5.41) is 11.4. The first kappa shape index (κ1) is 22.0. The molecule has 0 radical (unpaired) electrons. The Bertz CT molecular complexity index is 1440. The minimum absolute atomic E-state index is 0.000987. The van der Waals surface area contributed by atoms with Gasteiger partial charge < -0.3 is 5.11 Å². The summed E-state index contributed by atoms with van der Waals surface area (Å²) in [6.07, 6.45) is 0. The summed E-state index contributed by atoms with van der Waals surface area (Å²) >= 11 is 1.13. The Morgan fingerprint density at radius 3 is 2.41 bits per heavy atom. The van der Waals surface area contributed by atoms with Crippen LogP contribution < -0.4 is 4.90 Å². The molecule has 0 saturated carbocycles. The largest absolute Gasteiger partial charge is 0.507 e. The molecule has 1 aromatic heterocycles. The molecule has 1 aliphatic heterocycles. The fourth-order valence-corrected chi connectivity index (χ4v) is 5.17. The number of carbonyl (C=O) groups is 2. The Kier molecular flexibility index (Phi) is 5.49. The molecule has 1 amide bonds. The van der Waals surface area contributed by atoms with Crippen LogP contribution in [0.3, 0.4) is 0 Å². The second-order valence-electron chi connectivity index (χ2n) is 8.46. The van der Waals surface area contributed by atoms with E-state index in [4.69, 9.17) is 0 Å². The summed E-state index contributed by atoms with van der Waals surface area (Å²) in [6, 6.07) is 19.6. The van der Waals surface area contributed by atoms with E-state index < -0.39 is 23.5 Å². The summed E-state index contributed by atoms with van der Waals surface area (Å²) in [5.41, 5.74) is 2.75. The third-order valence-corrected chi connectivity index (χ3v) is 6.97. The van der Waals surface area contributed by atoms with E-state index in [1.807, 2.05) is 24.3 Å². The number of hydrogen-bond acceptors (Lipinski definition) is 5. The van der Waals surface area contributed by atoms with Crippen LogP contribution in [0.4, 0.5) is 9.52 Å². The predicted octanol–water partition coefficient (Wildman–Crippen LogP) is 6.19. The van der Waals surface area contributed by atoms with Gasteiger partial charge in [0.05, 0.1) is 21.8 Å². The summed E-state index contributed by atoms with van der Waals surface area (Å²) in [4.78, 5) is 32.3. The van der Waals surface area contributed by atoms with Crippen LogP contribution >= 0.6 is 11.3 Å². The number of halogens is 1. The molecule has 4 aromatic rings. The Morgan fingerprint density at radius 1 is 1.03 bits per heavy atom. The van der Waals surface area contributed by atoms with Crippen LogP contribution in [-0.2, 0) is 9.59 Å². The highest BCUT2D eigenvalue weighted by atomic mass is 32.1. The minimum Gasteiger partial charge on any atom is -0.507 e. The maximum Gasteiger partial charge on any atom is 0.301 e. The van der Waals surface area contributed by atoms with E-state index in [0.717, 1.165) is 16.9 Å². The van der Waals surface area contributed by atoms with Crippen molar-refractivity contribution in [1.29, 1.82) is 0 Å². The number of anilines is 1. The molecule has 2 heterocycles. The fourth-order valence-electron chi connectivity index (χ4n) is 4.15. The molecule has 0 bridgehead atoms. The number of amides is 1. The van der Waals surface area contributed by atoms with Crippen molar-refractivity contribution in [1.82, 2.24) is 4.98 Å². The zero-order chi connectivity index (χ0) is 24.0. The average Bonchev–Trinajstić information content (AvgIpc) is 3.37. The van der Waals surface area contributed by atoms with E-state index in [9.17, 15) is 19.1 Å². The lowest BCUT2D eigenvalue weighted by atomic mass is 9.93. The summed E-state index contributed by atoms with van der Waals surface area (Å²) in [7, 11) is 0. The second-order valence-corrected chi connectivity index (χ2v) is 9.47. The van der Waals surface area contributed by atoms with Gasteiger partial charge >= 0.3 is 5.91 Å². The SMILES string of the molecule is CC(C)c1ccc(C2/C(=C(\O)c3ccccc3)C(=O)C(=O)N2c2nc3ccc(F)cc3s2)cc1. The zero-order valence-electron chi connectivity index (χ0n) is 18.5. The Morgan fingerprint density at radius 2 is 1.74 bits per heavy atom. The molecule has 1 fully saturated rings. The number of aliphatic hydroxyl groups is 1. The van der Waals surface area contributed by atoms with Gasteiger partial charge in [-0.3, -0.25) is 14.5 Å². The van der Waals surface area contributed by atoms with Crippen molar-refractivity contribution in [3.8, 4) is 0 Å². The average molecular weight is 473 g/mol. The Labute approximate surface area is 199 Å². The predicted molar refractivity (Wildman–Crippen MR) is 131 cm³/mol.